The first-order valence-electron chi connectivity index (χ1n) is 10.0. The molecule has 2 N–H and O–H groups in total. The van der Waals surface area contributed by atoms with Gasteiger partial charge in [0.05, 0.1) is 12.8 Å². The van der Waals surface area contributed by atoms with E-state index in [9.17, 15) is 4.79 Å². The Morgan fingerprint density at radius 2 is 1.76 bits per heavy atom. The van der Waals surface area contributed by atoms with Gasteiger partial charge in [0.2, 0.25) is 0 Å². The Morgan fingerprint density at radius 1 is 0.966 bits per heavy atom. The van der Waals surface area contributed by atoms with E-state index in [1.807, 2.05) is 55.5 Å². The molecule has 1 aliphatic rings. The maximum Gasteiger partial charge on any atom is 0.251 e. The molecule has 0 saturated heterocycles. The first-order chi connectivity index (χ1) is 14.1. The van der Waals surface area contributed by atoms with E-state index >= 15 is 0 Å². The van der Waals surface area contributed by atoms with E-state index in [0.29, 0.717) is 11.4 Å². The third kappa shape index (κ3) is 4.27. The highest BCUT2D eigenvalue weighted by atomic mass is 16.5. The molecule has 1 amide bonds. The van der Waals surface area contributed by atoms with Gasteiger partial charge in [-0.05, 0) is 72.7 Å². The topological polar surface area (TPSA) is 50.4 Å². The maximum atomic E-state index is 13.3. The summed E-state index contributed by atoms with van der Waals surface area (Å²) >= 11 is 0. The minimum absolute atomic E-state index is 0.124. The van der Waals surface area contributed by atoms with Gasteiger partial charge in [-0.15, -0.1) is 0 Å². The third-order valence-corrected chi connectivity index (χ3v) is 5.42. The number of amides is 1. The van der Waals surface area contributed by atoms with Crippen molar-refractivity contribution in [3.63, 3.8) is 0 Å². The van der Waals surface area contributed by atoms with Crippen LogP contribution in [0.3, 0.4) is 0 Å². The lowest BCUT2D eigenvalue weighted by molar-refractivity contribution is -0.117. The molecule has 0 spiro atoms. The highest BCUT2D eigenvalue weighted by Crippen LogP contribution is 2.30. The molecule has 4 heteroatoms. The molecule has 1 aliphatic carbocycles. The van der Waals surface area contributed by atoms with Crippen LogP contribution in [0.15, 0.2) is 66.7 Å². The summed E-state index contributed by atoms with van der Waals surface area (Å²) in [6.07, 6.45) is 3.45. The molecular formula is C25H26N2O2. The summed E-state index contributed by atoms with van der Waals surface area (Å²) in [6.45, 7) is 1.99. The van der Waals surface area contributed by atoms with Crippen LogP contribution in [0, 0.1) is 6.92 Å². The zero-order valence-electron chi connectivity index (χ0n) is 16.9. The van der Waals surface area contributed by atoms with Crippen LogP contribution in [0.5, 0.6) is 5.75 Å². The molecule has 0 radical (unpaired) electrons. The molecule has 3 aromatic carbocycles. The van der Waals surface area contributed by atoms with Crippen LogP contribution in [0.1, 0.15) is 34.7 Å². The molecule has 4 nitrogen and oxygen atoms in total. The zero-order chi connectivity index (χ0) is 20.2. The Morgan fingerprint density at radius 3 is 2.55 bits per heavy atom. The van der Waals surface area contributed by atoms with Gasteiger partial charge in [-0.3, -0.25) is 4.79 Å². The van der Waals surface area contributed by atoms with E-state index in [4.69, 9.17) is 4.74 Å². The summed E-state index contributed by atoms with van der Waals surface area (Å²) in [5.41, 5.74) is 6.41. The SMILES string of the molecule is COc1ccc(C)cc1NC(=O)C(Nc1ccc2c(c1)CCC2)c1ccccc1. The number of ether oxygens (including phenoxy) is 1. The van der Waals surface area contributed by atoms with Crippen LogP contribution >= 0.6 is 0 Å². The van der Waals surface area contributed by atoms with Gasteiger partial charge in [-0.2, -0.15) is 0 Å². The molecule has 1 unspecified atom stereocenters. The van der Waals surface area contributed by atoms with Gasteiger partial charge in [0.1, 0.15) is 11.8 Å². The first kappa shape index (κ1) is 19.1. The molecule has 3 aromatic rings. The van der Waals surface area contributed by atoms with Crippen molar-refractivity contribution in [3.05, 3.63) is 89.0 Å². The number of hydrogen-bond donors (Lipinski definition) is 2. The number of benzene rings is 3. The van der Waals surface area contributed by atoms with Crippen LogP contribution in [0.4, 0.5) is 11.4 Å². The first-order valence-corrected chi connectivity index (χ1v) is 10.0. The van der Waals surface area contributed by atoms with Gasteiger partial charge in [0.25, 0.3) is 5.91 Å². The molecule has 0 aliphatic heterocycles. The number of rotatable bonds is 6. The number of carbonyl (C=O) groups excluding carboxylic acids is 1. The quantitative estimate of drug-likeness (QED) is 0.606. The lowest BCUT2D eigenvalue weighted by atomic mass is 10.0. The Balaban J connectivity index is 1.62. The van der Waals surface area contributed by atoms with E-state index < -0.39 is 6.04 Å². The Labute approximate surface area is 171 Å². The lowest BCUT2D eigenvalue weighted by Crippen LogP contribution is -2.27. The summed E-state index contributed by atoms with van der Waals surface area (Å²) in [6, 6.07) is 21.5. The second-order valence-corrected chi connectivity index (χ2v) is 7.52. The Bertz CT molecular complexity index is 1010. The van der Waals surface area contributed by atoms with E-state index in [-0.39, 0.29) is 5.91 Å². The van der Waals surface area contributed by atoms with Crippen LogP contribution in [-0.2, 0) is 17.6 Å². The smallest absolute Gasteiger partial charge is 0.251 e. The fourth-order valence-electron chi connectivity index (χ4n) is 3.90. The van der Waals surface area contributed by atoms with Crippen molar-refractivity contribution in [2.24, 2.45) is 0 Å². The number of fused-ring (bicyclic) bond motifs is 1. The average Bonchev–Trinajstić information content (AvgIpc) is 3.20. The summed E-state index contributed by atoms with van der Waals surface area (Å²) in [7, 11) is 1.61. The van der Waals surface area contributed by atoms with Gasteiger partial charge in [0.15, 0.2) is 0 Å². The third-order valence-electron chi connectivity index (χ3n) is 5.42. The Kier molecular flexibility index (Phi) is 5.52. The molecule has 0 fully saturated rings. The van der Waals surface area contributed by atoms with Crippen molar-refractivity contribution in [1.29, 1.82) is 0 Å². The summed E-state index contributed by atoms with van der Waals surface area (Å²) in [5.74, 6) is 0.522. The van der Waals surface area contributed by atoms with Crippen molar-refractivity contribution < 1.29 is 9.53 Å². The lowest BCUT2D eigenvalue weighted by Gasteiger charge is -2.21. The molecule has 29 heavy (non-hydrogen) atoms. The van der Waals surface area contributed by atoms with Crippen molar-refractivity contribution in [2.75, 3.05) is 17.7 Å². The molecule has 0 aromatic heterocycles. The maximum absolute atomic E-state index is 13.3. The van der Waals surface area contributed by atoms with Gasteiger partial charge in [-0.1, -0.05) is 42.5 Å². The highest BCUT2D eigenvalue weighted by molar-refractivity contribution is 5.98. The predicted octanol–water partition coefficient (Wildman–Crippen LogP) is 5.28. The Hall–Kier alpha value is -3.27. The monoisotopic (exact) mass is 386 g/mol. The van der Waals surface area contributed by atoms with Crippen LogP contribution in [0.2, 0.25) is 0 Å². The molecule has 1 atom stereocenters. The van der Waals surface area contributed by atoms with E-state index in [1.54, 1.807) is 7.11 Å². The van der Waals surface area contributed by atoms with E-state index in [1.165, 1.54) is 17.5 Å². The van der Waals surface area contributed by atoms with Crippen molar-refractivity contribution in [2.45, 2.75) is 32.2 Å². The predicted molar refractivity (Wildman–Crippen MR) is 118 cm³/mol. The summed E-state index contributed by atoms with van der Waals surface area (Å²) in [5, 5.41) is 6.49. The van der Waals surface area contributed by atoms with E-state index in [2.05, 4.69) is 28.8 Å². The average molecular weight is 386 g/mol. The number of aryl methyl sites for hydroxylation is 3. The standard InChI is InChI=1S/C25H26N2O2/c1-17-11-14-23(29-2)22(15-17)27-25(28)24(19-7-4-3-5-8-19)26-21-13-12-18-9-6-10-20(18)16-21/h3-5,7-8,11-16,24,26H,6,9-10H2,1-2H3,(H,27,28). The number of methoxy groups -OCH3 is 1. The van der Waals surface area contributed by atoms with Crippen LogP contribution < -0.4 is 15.4 Å². The van der Waals surface area contributed by atoms with Gasteiger partial charge in [-0.25, -0.2) is 0 Å². The van der Waals surface area contributed by atoms with Gasteiger partial charge >= 0.3 is 0 Å². The van der Waals surface area contributed by atoms with Crippen molar-refractivity contribution in [3.8, 4) is 5.75 Å². The largest absolute Gasteiger partial charge is 0.495 e. The fraction of sp³-hybridized carbons (Fsp3) is 0.240. The molecule has 0 bridgehead atoms. The number of nitrogens with one attached hydrogen (secondary N) is 2. The molecule has 0 heterocycles. The molecule has 148 valence electrons. The minimum Gasteiger partial charge on any atom is -0.495 e. The normalized spacial score (nSPS) is 13.4. The highest BCUT2D eigenvalue weighted by Gasteiger charge is 2.22. The molecular weight excluding hydrogens is 360 g/mol. The van der Waals surface area contributed by atoms with Gasteiger partial charge in [0, 0.05) is 5.69 Å². The second kappa shape index (κ2) is 8.39. The van der Waals surface area contributed by atoms with E-state index in [0.717, 1.165) is 29.7 Å². The number of anilines is 2. The number of carbonyl (C=O) groups is 1. The van der Waals surface area contributed by atoms with Crippen LogP contribution in [0.25, 0.3) is 0 Å². The zero-order valence-corrected chi connectivity index (χ0v) is 16.9. The second-order valence-electron chi connectivity index (χ2n) is 7.52. The van der Waals surface area contributed by atoms with Crippen LogP contribution in [-0.4, -0.2) is 13.0 Å². The summed E-state index contributed by atoms with van der Waals surface area (Å²) in [4.78, 5) is 13.3. The minimum atomic E-state index is -0.513. The molecule has 0 saturated carbocycles. The summed E-state index contributed by atoms with van der Waals surface area (Å²) < 4.78 is 5.42. The fourth-order valence-corrected chi connectivity index (χ4v) is 3.90. The van der Waals surface area contributed by atoms with Gasteiger partial charge < -0.3 is 15.4 Å². The van der Waals surface area contributed by atoms with Crippen molar-refractivity contribution >= 4 is 17.3 Å². The number of hydrogen-bond acceptors (Lipinski definition) is 3. The van der Waals surface area contributed by atoms with Crippen molar-refractivity contribution in [1.82, 2.24) is 0 Å². The molecule has 4 rings (SSSR count).